The van der Waals surface area contributed by atoms with Gasteiger partial charge < -0.3 is 15.4 Å². The number of carbonyl (C=O) groups is 1. The van der Waals surface area contributed by atoms with Gasteiger partial charge in [0, 0.05) is 18.2 Å². The Hall–Kier alpha value is -1.55. The number of hydrogen-bond acceptors (Lipinski definition) is 4. The molecule has 4 heteroatoms. The van der Waals surface area contributed by atoms with E-state index in [4.69, 9.17) is 10.5 Å². The van der Waals surface area contributed by atoms with Crippen molar-refractivity contribution in [1.82, 2.24) is 0 Å². The van der Waals surface area contributed by atoms with Crippen molar-refractivity contribution in [3.05, 3.63) is 29.8 Å². The molecule has 104 valence electrons. The van der Waals surface area contributed by atoms with E-state index in [0.29, 0.717) is 19.1 Å². The molecule has 2 N–H and O–H groups in total. The number of rotatable bonds is 5. The summed E-state index contributed by atoms with van der Waals surface area (Å²) in [7, 11) is 0. The number of fused-ring (bicyclic) bond motifs is 1. The molecule has 0 radical (unpaired) electrons. The molecule has 0 aliphatic carbocycles. The van der Waals surface area contributed by atoms with Crippen molar-refractivity contribution in [2.75, 3.05) is 24.6 Å². The van der Waals surface area contributed by atoms with Crippen molar-refractivity contribution in [2.45, 2.75) is 32.2 Å². The second-order valence-corrected chi connectivity index (χ2v) is 4.91. The average molecular weight is 262 g/mol. The van der Waals surface area contributed by atoms with E-state index in [-0.39, 0.29) is 12.0 Å². The number of benzene rings is 1. The van der Waals surface area contributed by atoms with Crippen LogP contribution in [0.15, 0.2) is 24.3 Å². The van der Waals surface area contributed by atoms with Crippen LogP contribution in [-0.2, 0) is 9.53 Å². The van der Waals surface area contributed by atoms with E-state index < -0.39 is 0 Å². The molecule has 0 aromatic heterocycles. The van der Waals surface area contributed by atoms with E-state index in [0.717, 1.165) is 18.7 Å². The van der Waals surface area contributed by atoms with Gasteiger partial charge in [-0.05, 0) is 38.4 Å². The van der Waals surface area contributed by atoms with Gasteiger partial charge in [-0.1, -0.05) is 18.2 Å². The van der Waals surface area contributed by atoms with Gasteiger partial charge in [0.2, 0.25) is 0 Å². The van der Waals surface area contributed by atoms with Gasteiger partial charge in [-0.3, -0.25) is 0 Å². The monoisotopic (exact) mass is 262 g/mol. The van der Waals surface area contributed by atoms with Gasteiger partial charge in [0.25, 0.3) is 0 Å². The van der Waals surface area contributed by atoms with Crippen LogP contribution in [0.25, 0.3) is 0 Å². The smallest absolute Gasteiger partial charge is 0.328 e. The first kappa shape index (κ1) is 13.9. The molecule has 1 aromatic carbocycles. The SMILES string of the molecule is CCOC(=O)C(C)N1CC(CCN)c2ccccc21. The summed E-state index contributed by atoms with van der Waals surface area (Å²) in [6.07, 6.45) is 0.947. The van der Waals surface area contributed by atoms with Crippen LogP contribution in [-0.4, -0.2) is 31.7 Å². The summed E-state index contributed by atoms with van der Waals surface area (Å²) in [4.78, 5) is 14.0. The van der Waals surface area contributed by atoms with Crippen LogP contribution in [0, 0.1) is 0 Å². The Bertz CT molecular complexity index is 448. The molecule has 0 amide bonds. The molecule has 0 fully saturated rings. The molecule has 1 aliphatic rings. The fourth-order valence-corrected chi connectivity index (χ4v) is 2.73. The minimum atomic E-state index is -0.246. The van der Waals surface area contributed by atoms with Crippen LogP contribution < -0.4 is 10.6 Å². The molecule has 0 saturated carbocycles. The lowest BCUT2D eigenvalue weighted by Gasteiger charge is -2.26. The maximum Gasteiger partial charge on any atom is 0.328 e. The second-order valence-electron chi connectivity index (χ2n) is 4.91. The summed E-state index contributed by atoms with van der Waals surface area (Å²) in [6, 6.07) is 8.01. The highest BCUT2D eigenvalue weighted by Crippen LogP contribution is 2.38. The van der Waals surface area contributed by atoms with Gasteiger partial charge in [-0.25, -0.2) is 4.79 Å². The molecule has 4 nitrogen and oxygen atoms in total. The van der Waals surface area contributed by atoms with Crippen LogP contribution in [0.2, 0.25) is 0 Å². The molecule has 2 rings (SSSR count). The second kappa shape index (κ2) is 6.06. The number of ether oxygens (including phenoxy) is 1. The molecule has 19 heavy (non-hydrogen) atoms. The van der Waals surface area contributed by atoms with E-state index in [1.165, 1.54) is 5.56 Å². The predicted molar refractivity (Wildman–Crippen MR) is 76.3 cm³/mol. The highest BCUT2D eigenvalue weighted by atomic mass is 16.5. The molecule has 0 saturated heterocycles. The lowest BCUT2D eigenvalue weighted by molar-refractivity contribution is -0.144. The number of nitrogens with two attached hydrogens (primary N) is 1. The Morgan fingerprint density at radius 2 is 2.26 bits per heavy atom. The summed E-state index contributed by atoms with van der Waals surface area (Å²) in [6.45, 7) is 5.67. The highest BCUT2D eigenvalue weighted by molar-refractivity contribution is 5.81. The van der Waals surface area contributed by atoms with Gasteiger partial charge in [0.05, 0.1) is 6.61 Å². The molecule has 0 spiro atoms. The van der Waals surface area contributed by atoms with Crippen LogP contribution in [0.4, 0.5) is 5.69 Å². The Morgan fingerprint density at radius 3 is 2.95 bits per heavy atom. The van der Waals surface area contributed by atoms with Gasteiger partial charge in [0.1, 0.15) is 6.04 Å². The highest BCUT2D eigenvalue weighted by Gasteiger charge is 2.33. The first-order valence-corrected chi connectivity index (χ1v) is 6.91. The van der Waals surface area contributed by atoms with Gasteiger partial charge in [-0.15, -0.1) is 0 Å². The lowest BCUT2D eigenvalue weighted by atomic mass is 9.98. The summed E-state index contributed by atoms with van der Waals surface area (Å²) < 4.78 is 5.12. The quantitative estimate of drug-likeness (QED) is 0.823. The standard InChI is InChI=1S/C15H22N2O2/c1-3-19-15(18)11(2)17-10-12(8-9-16)13-6-4-5-7-14(13)17/h4-7,11-12H,3,8-10,16H2,1-2H3. The molecule has 1 heterocycles. The van der Waals surface area contributed by atoms with Crippen molar-refractivity contribution in [3.8, 4) is 0 Å². The molecule has 1 aromatic rings. The summed E-state index contributed by atoms with van der Waals surface area (Å²) in [5.41, 5.74) is 8.12. The van der Waals surface area contributed by atoms with Crippen molar-refractivity contribution in [2.24, 2.45) is 5.73 Å². The zero-order valence-electron chi connectivity index (χ0n) is 11.6. The molecule has 1 aliphatic heterocycles. The minimum Gasteiger partial charge on any atom is -0.464 e. The fourth-order valence-electron chi connectivity index (χ4n) is 2.73. The van der Waals surface area contributed by atoms with E-state index in [1.54, 1.807) is 0 Å². The zero-order valence-corrected chi connectivity index (χ0v) is 11.6. The number of carbonyl (C=O) groups excluding carboxylic acids is 1. The summed E-state index contributed by atoms with van der Waals surface area (Å²) >= 11 is 0. The van der Waals surface area contributed by atoms with Crippen LogP contribution >= 0.6 is 0 Å². The Morgan fingerprint density at radius 1 is 1.53 bits per heavy atom. The number of para-hydroxylation sites is 1. The van der Waals surface area contributed by atoms with Gasteiger partial charge >= 0.3 is 5.97 Å². The largest absolute Gasteiger partial charge is 0.464 e. The fraction of sp³-hybridized carbons (Fsp3) is 0.533. The van der Waals surface area contributed by atoms with E-state index in [2.05, 4.69) is 17.0 Å². The molecular weight excluding hydrogens is 240 g/mol. The van der Waals surface area contributed by atoms with Crippen molar-refractivity contribution < 1.29 is 9.53 Å². The number of anilines is 1. The maximum atomic E-state index is 11.9. The van der Waals surface area contributed by atoms with Crippen molar-refractivity contribution in [1.29, 1.82) is 0 Å². The third-order valence-electron chi connectivity index (χ3n) is 3.71. The normalized spacial score (nSPS) is 19.1. The van der Waals surface area contributed by atoms with E-state index >= 15 is 0 Å². The first-order chi connectivity index (χ1) is 9.19. The lowest BCUT2D eigenvalue weighted by Crippen LogP contribution is -2.39. The average Bonchev–Trinajstić information content (AvgIpc) is 2.78. The minimum absolute atomic E-state index is 0.161. The Balaban J connectivity index is 2.22. The van der Waals surface area contributed by atoms with Crippen molar-refractivity contribution >= 4 is 11.7 Å². The molecular formula is C15H22N2O2. The summed E-state index contributed by atoms with van der Waals surface area (Å²) in [5.74, 6) is 0.253. The maximum absolute atomic E-state index is 11.9. The van der Waals surface area contributed by atoms with Crippen LogP contribution in [0.1, 0.15) is 31.7 Å². The Labute approximate surface area is 114 Å². The van der Waals surface area contributed by atoms with Crippen LogP contribution in [0.5, 0.6) is 0 Å². The van der Waals surface area contributed by atoms with Crippen LogP contribution in [0.3, 0.4) is 0 Å². The molecule has 0 bridgehead atoms. The van der Waals surface area contributed by atoms with Gasteiger partial charge in [0.15, 0.2) is 0 Å². The zero-order chi connectivity index (χ0) is 13.8. The number of nitrogens with zero attached hydrogens (tertiary/aromatic N) is 1. The first-order valence-electron chi connectivity index (χ1n) is 6.91. The third kappa shape index (κ3) is 2.73. The number of hydrogen-bond donors (Lipinski definition) is 1. The topological polar surface area (TPSA) is 55.6 Å². The predicted octanol–water partition coefficient (Wildman–Crippen LogP) is 1.89. The third-order valence-corrected chi connectivity index (χ3v) is 3.71. The number of esters is 1. The van der Waals surface area contributed by atoms with E-state index in [1.807, 2.05) is 26.0 Å². The molecule has 2 atom stereocenters. The van der Waals surface area contributed by atoms with Gasteiger partial charge in [-0.2, -0.15) is 0 Å². The van der Waals surface area contributed by atoms with E-state index in [9.17, 15) is 4.79 Å². The Kier molecular flexibility index (Phi) is 4.43. The molecule has 2 unspecified atom stereocenters. The summed E-state index contributed by atoms with van der Waals surface area (Å²) in [5, 5.41) is 0. The van der Waals surface area contributed by atoms with Crippen molar-refractivity contribution in [3.63, 3.8) is 0 Å².